The Morgan fingerprint density at radius 3 is 2.60 bits per heavy atom. The number of nitrogens with zero attached hydrogens (tertiary/aromatic N) is 2. The van der Waals surface area contributed by atoms with Crippen LogP contribution in [0.4, 0.5) is 8.78 Å². The van der Waals surface area contributed by atoms with E-state index in [0.717, 1.165) is 24.5 Å². The minimum atomic E-state index is -3.10. The highest BCUT2D eigenvalue weighted by Crippen LogP contribution is 2.31. The van der Waals surface area contributed by atoms with Crippen molar-refractivity contribution in [2.24, 2.45) is 7.05 Å². The summed E-state index contributed by atoms with van der Waals surface area (Å²) in [7, 11) is -3.13. The summed E-state index contributed by atoms with van der Waals surface area (Å²) in [6, 6.07) is 3.05. The van der Waals surface area contributed by atoms with Gasteiger partial charge < -0.3 is 4.57 Å². The third-order valence-corrected chi connectivity index (χ3v) is 6.54. The molecule has 0 aliphatic carbocycles. The summed E-state index contributed by atoms with van der Waals surface area (Å²) in [4.78, 5) is 4.03. The molecule has 0 spiro atoms. The molecule has 2 unspecified atom stereocenters. The lowest BCUT2D eigenvalue weighted by molar-refractivity contribution is 0.564. The third kappa shape index (κ3) is 5.43. The van der Waals surface area contributed by atoms with Crippen LogP contribution >= 0.6 is 0 Å². The van der Waals surface area contributed by atoms with Gasteiger partial charge in [0.05, 0.1) is 16.0 Å². The van der Waals surface area contributed by atoms with Gasteiger partial charge in [0.15, 0.2) is 5.16 Å². The number of imidazole rings is 1. The van der Waals surface area contributed by atoms with Crippen LogP contribution < -0.4 is 0 Å². The Morgan fingerprint density at radius 2 is 2.00 bits per heavy atom. The van der Waals surface area contributed by atoms with Crippen LogP contribution in [0.3, 0.4) is 0 Å². The van der Waals surface area contributed by atoms with E-state index >= 15 is 0 Å². The Bertz CT molecular complexity index is 866. The fourth-order valence-electron chi connectivity index (χ4n) is 2.51. The number of sulfone groups is 1. The Morgan fingerprint density at radius 1 is 1.28 bits per heavy atom. The molecule has 1 heterocycles. The van der Waals surface area contributed by atoms with Gasteiger partial charge >= 0.3 is 0 Å². The minimum absolute atomic E-state index is 0.000390. The number of unbranched alkanes of at least 4 members (excludes halogenated alkanes) is 1. The molecule has 0 N–H and O–H groups in total. The third-order valence-electron chi connectivity index (χ3n) is 3.75. The van der Waals surface area contributed by atoms with Crippen LogP contribution in [0.15, 0.2) is 35.7 Å². The molecule has 138 valence electrons. The van der Waals surface area contributed by atoms with Crippen molar-refractivity contribution < 1.29 is 21.4 Å². The van der Waals surface area contributed by atoms with Gasteiger partial charge in [-0.3, -0.25) is 4.21 Å². The van der Waals surface area contributed by atoms with Crippen LogP contribution in [0.25, 0.3) is 0 Å². The average molecular weight is 390 g/mol. The number of hydrogen-bond acceptors (Lipinski definition) is 4. The predicted octanol–water partition coefficient (Wildman–Crippen LogP) is 2.76. The Labute approximate surface area is 148 Å². The molecule has 0 amide bonds. The second kappa shape index (κ2) is 8.18. The zero-order chi connectivity index (χ0) is 18.6. The van der Waals surface area contributed by atoms with Crippen molar-refractivity contribution in [3.63, 3.8) is 0 Å². The largest absolute Gasteiger partial charge is 0.327 e. The lowest BCUT2D eigenvalue weighted by Gasteiger charge is -2.17. The summed E-state index contributed by atoms with van der Waals surface area (Å²) < 4.78 is 64.7. The lowest BCUT2D eigenvalue weighted by Crippen LogP contribution is -2.14. The van der Waals surface area contributed by atoms with Gasteiger partial charge in [-0.25, -0.2) is 22.2 Å². The topological polar surface area (TPSA) is 69.0 Å². The summed E-state index contributed by atoms with van der Waals surface area (Å²) in [5.41, 5.74) is 0.0145. The maximum atomic E-state index is 14.2. The van der Waals surface area contributed by atoms with Gasteiger partial charge in [-0.05, 0) is 31.0 Å². The molecule has 0 fully saturated rings. The van der Waals surface area contributed by atoms with Gasteiger partial charge in [-0.2, -0.15) is 0 Å². The molecule has 2 rings (SSSR count). The van der Waals surface area contributed by atoms with E-state index in [-0.39, 0.29) is 22.9 Å². The maximum Gasteiger partial charge on any atom is 0.199 e. The highest BCUT2D eigenvalue weighted by molar-refractivity contribution is 7.90. The minimum Gasteiger partial charge on any atom is -0.327 e. The zero-order valence-corrected chi connectivity index (χ0v) is 15.6. The van der Waals surface area contributed by atoms with E-state index in [2.05, 4.69) is 4.98 Å². The second-order valence-corrected chi connectivity index (χ2v) is 9.69. The quantitative estimate of drug-likeness (QED) is 0.650. The molecule has 2 atom stereocenters. The van der Waals surface area contributed by atoms with Crippen LogP contribution in [-0.2, 0) is 27.7 Å². The molecule has 2 aromatic rings. The number of benzene rings is 1. The maximum absolute atomic E-state index is 14.2. The highest BCUT2D eigenvalue weighted by atomic mass is 32.2. The summed E-state index contributed by atoms with van der Waals surface area (Å²) in [6.07, 6.45) is 5.29. The van der Waals surface area contributed by atoms with E-state index in [9.17, 15) is 21.4 Å². The second-order valence-electron chi connectivity index (χ2n) is 5.90. The monoisotopic (exact) mass is 390 g/mol. The van der Waals surface area contributed by atoms with E-state index in [1.165, 1.54) is 6.20 Å². The molecule has 0 aliphatic heterocycles. The first-order valence-electron chi connectivity index (χ1n) is 7.69. The Kier molecular flexibility index (Phi) is 6.45. The van der Waals surface area contributed by atoms with Gasteiger partial charge in [0.2, 0.25) is 0 Å². The lowest BCUT2D eigenvalue weighted by atomic mass is 10.1. The molecule has 9 heteroatoms. The van der Waals surface area contributed by atoms with Gasteiger partial charge in [0, 0.05) is 37.0 Å². The molecule has 0 radical (unpaired) electrons. The van der Waals surface area contributed by atoms with Gasteiger partial charge in [0.1, 0.15) is 21.5 Å². The van der Waals surface area contributed by atoms with Crippen molar-refractivity contribution in [2.45, 2.75) is 29.7 Å². The normalized spacial score (nSPS) is 14.4. The van der Waals surface area contributed by atoms with Crippen molar-refractivity contribution in [2.75, 3.05) is 12.0 Å². The van der Waals surface area contributed by atoms with Crippen LogP contribution in [0.2, 0.25) is 0 Å². The van der Waals surface area contributed by atoms with Crippen molar-refractivity contribution in [3.8, 4) is 0 Å². The number of halogens is 2. The summed E-state index contributed by atoms with van der Waals surface area (Å²) in [5, 5.41) is -0.548. The van der Waals surface area contributed by atoms with Crippen LogP contribution in [-0.4, -0.2) is 34.2 Å². The van der Waals surface area contributed by atoms with E-state index in [1.807, 2.05) is 0 Å². The summed E-state index contributed by atoms with van der Waals surface area (Å²) in [5.74, 6) is -1.26. The highest BCUT2D eigenvalue weighted by Gasteiger charge is 2.26. The molecule has 0 saturated heterocycles. The fourth-order valence-corrected chi connectivity index (χ4v) is 4.79. The Balaban J connectivity index is 2.26. The smallest absolute Gasteiger partial charge is 0.199 e. The van der Waals surface area contributed by atoms with Crippen LogP contribution in [0.5, 0.6) is 0 Å². The van der Waals surface area contributed by atoms with Gasteiger partial charge in [0.25, 0.3) is 0 Å². The molecule has 1 aromatic carbocycles. The number of rotatable bonds is 8. The first kappa shape index (κ1) is 19.7. The van der Waals surface area contributed by atoms with Crippen molar-refractivity contribution >= 4 is 20.6 Å². The van der Waals surface area contributed by atoms with E-state index in [0.29, 0.717) is 12.8 Å². The molecule has 25 heavy (non-hydrogen) atoms. The molecular formula is C16H20F2N2O3S2. The van der Waals surface area contributed by atoms with Gasteiger partial charge in [-0.15, -0.1) is 0 Å². The number of aromatic nitrogens is 2. The predicted molar refractivity (Wildman–Crippen MR) is 92.3 cm³/mol. The van der Waals surface area contributed by atoms with Crippen molar-refractivity contribution in [1.29, 1.82) is 0 Å². The standard InChI is InChI=1S/C16H20F2N2O3S2/c1-20-9-8-19-16(20)24(21)15(5-3-4-10-25(2,22)23)13-11-12(17)6-7-14(13)18/h6-9,11,15H,3-5,10H2,1-2H3. The fraction of sp³-hybridized carbons (Fsp3) is 0.438. The van der Waals surface area contributed by atoms with Crippen molar-refractivity contribution in [3.05, 3.63) is 47.8 Å². The van der Waals surface area contributed by atoms with Crippen LogP contribution in [0, 0.1) is 11.6 Å². The number of hydrogen-bond donors (Lipinski definition) is 0. The van der Waals surface area contributed by atoms with E-state index < -0.39 is 37.5 Å². The molecule has 1 aromatic heterocycles. The average Bonchev–Trinajstić information content (AvgIpc) is 2.94. The molecule has 0 bridgehead atoms. The molecule has 5 nitrogen and oxygen atoms in total. The SMILES string of the molecule is Cn1ccnc1S(=O)C(CCCCS(C)(=O)=O)c1cc(F)ccc1F. The molecule has 0 saturated carbocycles. The zero-order valence-electron chi connectivity index (χ0n) is 14.0. The molecule has 0 aliphatic rings. The van der Waals surface area contributed by atoms with E-state index in [1.54, 1.807) is 17.8 Å². The van der Waals surface area contributed by atoms with E-state index in [4.69, 9.17) is 0 Å². The van der Waals surface area contributed by atoms with Gasteiger partial charge in [-0.1, -0.05) is 6.42 Å². The Hall–Kier alpha value is -1.61. The van der Waals surface area contributed by atoms with Crippen molar-refractivity contribution in [1.82, 2.24) is 9.55 Å². The molecular weight excluding hydrogens is 370 g/mol. The first-order valence-corrected chi connectivity index (χ1v) is 11.0. The van der Waals surface area contributed by atoms with Crippen LogP contribution in [0.1, 0.15) is 30.1 Å². The first-order chi connectivity index (χ1) is 11.7. The summed E-state index contributed by atoms with van der Waals surface area (Å²) in [6.45, 7) is 0. The number of aryl methyl sites for hydroxylation is 1. The summed E-state index contributed by atoms with van der Waals surface area (Å²) >= 11 is 0.